The third-order valence-electron chi connectivity index (χ3n) is 2.71. The maximum absolute atomic E-state index is 11.8. The molecular formula is C12H12N2O4. The standard InChI is InChI=1S/C12H12N2O4/c1-6(12(17)18)13-11(16)7-2-3-9-8(4-7)5-10(15)14-9/h2-4,6H,5H2,1H3,(H,13,16)(H,14,15)(H,17,18). The molecule has 6 nitrogen and oxygen atoms in total. The summed E-state index contributed by atoms with van der Waals surface area (Å²) in [4.78, 5) is 33.5. The Kier molecular flexibility index (Phi) is 3.01. The Morgan fingerprint density at radius 2 is 2.17 bits per heavy atom. The predicted molar refractivity (Wildman–Crippen MR) is 63.3 cm³/mol. The summed E-state index contributed by atoms with van der Waals surface area (Å²) < 4.78 is 0. The van der Waals surface area contributed by atoms with Gasteiger partial charge in [-0.25, -0.2) is 0 Å². The molecule has 0 bridgehead atoms. The van der Waals surface area contributed by atoms with Crippen molar-refractivity contribution in [1.82, 2.24) is 5.32 Å². The highest BCUT2D eigenvalue weighted by Gasteiger charge is 2.20. The number of anilines is 1. The Bertz CT molecular complexity index is 539. The fraction of sp³-hybridized carbons (Fsp3) is 0.250. The van der Waals surface area contributed by atoms with Crippen LogP contribution < -0.4 is 10.6 Å². The first-order valence-corrected chi connectivity index (χ1v) is 5.44. The minimum Gasteiger partial charge on any atom is -0.480 e. The summed E-state index contributed by atoms with van der Waals surface area (Å²) in [7, 11) is 0. The quantitative estimate of drug-likeness (QED) is 0.720. The van der Waals surface area contributed by atoms with E-state index < -0.39 is 17.9 Å². The van der Waals surface area contributed by atoms with Crippen LogP contribution in [0.2, 0.25) is 0 Å². The molecule has 1 aromatic rings. The van der Waals surface area contributed by atoms with Crippen molar-refractivity contribution in [3.05, 3.63) is 29.3 Å². The van der Waals surface area contributed by atoms with Crippen molar-refractivity contribution in [2.45, 2.75) is 19.4 Å². The summed E-state index contributed by atoms with van der Waals surface area (Å²) in [6, 6.07) is 3.83. The number of hydrogen-bond donors (Lipinski definition) is 3. The van der Waals surface area contributed by atoms with Crippen LogP contribution in [0.4, 0.5) is 5.69 Å². The van der Waals surface area contributed by atoms with Gasteiger partial charge in [0.15, 0.2) is 0 Å². The van der Waals surface area contributed by atoms with Crippen molar-refractivity contribution in [2.24, 2.45) is 0 Å². The van der Waals surface area contributed by atoms with E-state index in [4.69, 9.17) is 5.11 Å². The predicted octanol–water partition coefficient (Wildman–Crippen LogP) is 0.384. The highest BCUT2D eigenvalue weighted by Crippen LogP contribution is 2.23. The van der Waals surface area contributed by atoms with Gasteiger partial charge in [0.2, 0.25) is 5.91 Å². The molecule has 0 radical (unpaired) electrons. The molecule has 1 heterocycles. The molecule has 0 aliphatic carbocycles. The number of rotatable bonds is 3. The largest absolute Gasteiger partial charge is 0.480 e. The van der Waals surface area contributed by atoms with Crippen molar-refractivity contribution in [3.63, 3.8) is 0 Å². The maximum atomic E-state index is 11.8. The maximum Gasteiger partial charge on any atom is 0.325 e. The van der Waals surface area contributed by atoms with E-state index in [1.54, 1.807) is 18.2 Å². The van der Waals surface area contributed by atoms with Gasteiger partial charge in [0.25, 0.3) is 5.91 Å². The molecule has 6 heteroatoms. The molecule has 1 aliphatic rings. The van der Waals surface area contributed by atoms with Crippen LogP contribution in [0.3, 0.4) is 0 Å². The normalized spacial score (nSPS) is 14.6. The van der Waals surface area contributed by atoms with Gasteiger partial charge in [-0.15, -0.1) is 0 Å². The average Bonchev–Trinajstić information content (AvgIpc) is 2.67. The van der Waals surface area contributed by atoms with Crippen LogP contribution >= 0.6 is 0 Å². The van der Waals surface area contributed by atoms with Crippen molar-refractivity contribution < 1.29 is 19.5 Å². The first-order chi connectivity index (χ1) is 8.47. The van der Waals surface area contributed by atoms with Crippen LogP contribution in [0.25, 0.3) is 0 Å². The number of fused-ring (bicyclic) bond motifs is 1. The fourth-order valence-electron chi connectivity index (χ4n) is 1.71. The zero-order chi connectivity index (χ0) is 13.3. The van der Waals surface area contributed by atoms with E-state index in [0.717, 1.165) is 5.56 Å². The van der Waals surface area contributed by atoms with E-state index in [1.165, 1.54) is 6.92 Å². The number of hydrogen-bond acceptors (Lipinski definition) is 3. The van der Waals surface area contributed by atoms with Gasteiger partial charge in [-0.05, 0) is 30.7 Å². The number of carbonyl (C=O) groups is 3. The average molecular weight is 248 g/mol. The molecule has 1 atom stereocenters. The van der Waals surface area contributed by atoms with Crippen molar-refractivity contribution in [2.75, 3.05) is 5.32 Å². The minimum absolute atomic E-state index is 0.110. The minimum atomic E-state index is -1.10. The Morgan fingerprint density at radius 3 is 2.83 bits per heavy atom. The zero-order valence-electron chi connectivity index (χ0n) is 9.69. The fourth-order valence-corrected chi connectivity index (χ4v) is 1.71. The number of carboxylic acid groups (broad SMARTS) is 1. The number of carboxylic acids is 1. The second kappa shape index (κ2) is 4.48. The molecule has 0 fully saturated rings. The number of amides is 2. The topological polar surface area (TPSA) is 95.5 Å². The zero-order valence-corrected chi connectivity index (χ0v) is 9.69. The lowest BCUT2D eigenvalue weighted by Gasteiger charge is -2.09. The van der Waals surface area contributed by atoms with E-state index in [9.17, 15) is 14.4 Å². The first-order valence-electron chi connectivity index (χ1n) is 5.44. The van der Waals surface area contributed by atoms with Gasteiger partial charge in [-0.2, -0.15) is 0 Å². The van der Waals surface area contributed by atoms with Gasteiger partial charge in [0.05, 0.1) is 6.42 Å². The lowest BCUT2D eigenvalue weighted by atomic mass is 10.1. The Balaban J connectivity index is 2.15. The SMILES string of the molecule is CC(NC(=O)c1ccc2c(c1)CC(=O)N2)C(=O)O. The Labute approximate surface area is 103 Å². The molecule has 2 rings (SSSR count). The molecule has 2 amide bonds. The van der Waals surface area contributed by atoms with E-state index in [-0.39, 0.29) is 12.3 Å². The van der Waals surface area contributed by atoms with Crippen LogP contribution in [0.15, 0.2) is 18.2 Å². The van der Waals surface area contributed by atoms with Crippen LogP contribution in [-0.4, -0.2) is 28.9 Å². The molecule has 1 aromatic carbocycles. The molecule has 1 unspecified atom stereocenters. The van der Waals surface area contributed by atoms with E-state index in [2.05, 4.69) is 10.6 Å². The number of benzene rings is 1. The first kappa shape index (κ1) is 12.1. The Hall–Kier alpha value is -2.37. The summed E-state index contributed by atoms with van der Waals surface area (Å²) in [5.74, 6) is -1.67. The second-order valence-corrected chi connectivity index (χ2v) is 4.13. The van der Waals surface area contributed by atoms with Gasteiger partial charge < -0.3 is 15.7 Å². The van der Waals surface area contributed by atoms with Crippen LogP contribution in [0.5, 0.6) is 0 Å². The molecule has 0 saturated carbocycles. The highest BCUT2D eigenvalue weighted by atomic mass is 16.4. The molecule has 1 aliphatic heterocycles. The summed E-state index contributed by atoms with van der Waals surface area (Å²) in [6.45, 7) is 1.39. The van der Waals surface area contributed by atoms with Crippen molar-refractivity contribution in [1.29, 1.82) is 0 Å². The summed E-state index contributed by atoms with van der Waals surface area (Å²) in [5, 5.41) is 13.7. The molecule has 0 aromatic heterocycles. The van der Waals surface area contributed by atoms with Gasteiger partial charge in [-0.3, -0.25) is 14.4 Å². The highest BCUT2D eigenvalue weighted by molar-refractivity contribution is 6.02. The Morgan fingerprint density at radius 1 is 1.44 bits per heavy atom. The lowest BCUT2D eigenvalue weighted by molar-refractivity contribution is -0.138. The van der Waals surface area contributed by atoms with Gasteiger partial charge in [0.1, 0.15) is 6.04 Å². The van der Waals surface area contributed by atoms with Crippen molar-refractivity contribution in [3.8, 4) is 0 Å². The summed E-state index contributed by atoms with van der Waals surface area (Å²) in [6.07, 6.45) is 0.241. The number of carbonyl (C=O) groups excluding carboxylic acids is 2. The summed E-state index contributed by atoms with van der Waals surface area (Å²) >= 11 is 0. The molecule has 18 heavy (non-hydrogen) atoms. The van der Waals surface area contributed by atoms with Crippen LogP contribution in [0.1, 0.15) is 22.8 Å². The third kappa shape index (κ3) is 2.32. The monoisotopic (exact) mass is 248 g/mol. The van der Waals surface area contributed by atoms with E-state index in [1.807, 2.05) is 0 Å². The van der Waals surface area contributed by atoms with Crippen molar-refractivity contribution >= 4 is 23.5 Å². The van der Waals surface area contributed by atoms with Crippen LogP contribution in [-0.2, 0) is 16.0 Å². The van der Waals surface area contributed by atoms with E-state index >= 15 is 0 Å². The van der Waals surface area contributed by atoms with Gasteiger partial charge in [-0.1, -0.05) is 0 Å². The molecule has 0 saturated heterocycles. The lowest BCUT2D eigenvalue weighted by Crippen LogP contribution is -2.38. The van der Waals surface area contributed by atoms with Gasteiger partial charge in [0, 0.05) is 11.3 Å². The molecule has 3 N–H and O–H groups in total. The second-order valence-electron chi connectivity index (χ2n) is 4.13. The number of nitrogens with one attached hydrogen (secondary N) is 2. The summed E-state index contributed by atoms with van der Waals surface area (Å²) in [5.41, 5.74) is 1.79. The molecule has 94 valence electrons. The third-order valence-corrected chi connectivity index (χ3v) is 2.71. The molecular weight excluding hydrogens is 236 g/mol. The van der Waals surface area contributed by atoms with Gasteiger partial charge >= 0.3 is 5.97 Å². The van der Waals surface area contributed by atoms with Crippen LogP contribution in [0, 0.1) is 0 Å². The number of aliphatic carboxylic acids is 1. The van der Waals surface area contributed by atoms with E-state index in [0.29, 0.717) is 11.3 Å². The molecule has 0 spiro atoms. The smallest absolute Gasteiger partial charge is 0.325 e.